The Bertz CT molecular complexity index is 1120. The molecule has 4 rings (SSSR count). The average Bonchev–Trinajstić information content (AvgIpc) is 3.20. The predicted molar refractivity (Wildman–Crippen MR) is 106 cm³/mol. The smallest absolute Gasteiger partial charge is 0.251 e. The van der Waals surface area contributed by atoms with E-state index >= 15 is 0 Å². The molecule has 0 aliphatic carbocycles. The normalized spacial score (nSPS) is 10.9. The molecule has 2 heterocycles. The van der Waals surface area contributed by atoms with Gasteiger partial charge in [0.25, 0.3) is 5.91 Å². The minimum absolute atomic E-state index is 0.158. The fourth-order valence-corrected chi connectivity index (χ4v) is 3.24. The molecule has 0 atom stereocenters. The van der Waals surface area contributed by atoms with Crippen LogP contribution in [-0.2, 0) is 6.54 Å². The zero-order valence-corrected chi connectivity index (χ0v) is 15.4. The van der Waals surface area contributed by atoms with Gasteiger partial charge in [-0.05, 0) is 43.3 Å². The Hall–Kier alpha value is -3.18. The predicted octanol–water partition coefficient (Wildman–Crippen LogP) is 4.31. The van der Waals surface area contributed by atoms with Gasteiger partial charge in [0.15, 0.2) is 0 Å². The highest BCUT2D eigenvalue weighted by molar-refractivity contribution is 6.31. The number of aryl methyl sites for hydroxylation is 1. The van der Waals surface area contributed by atoms with Gasteiger partial charge in [0, 0.05) is 46.2 Å². The van der Waals surface area contributed by atoms with Gasteiger partial charge in [-0.3, -0.25) is 9.78 Å². The molecule has 0 spiro atoms. The van der Waals surface area contributed by atoms with Crippen LogP contribution in [0.1, 0.15) is 21.6 Å². The molecular formula is C21H17ClN4O. The molecule has 5 nitrogen and oxygen atoms in total. The van der Waals surface area contributed by atoms with E-state index in [1.807, 2.05) is 60.2 Å². The number of pyridine rings is 1. The summed E-state index contributed by atoms with van der Waals surface area (Å²) in [5, 5.41) is 4.49. The quantitative estimate of drug-likeness (QED) is 0.577. The zero-order valence-electron chi connectivity index (χ0n) is 14.7. The summed E-state index contributed by atoms with van der Waals surface area (Å²) >= 11 is 6.38. The molecule has 0 radical (unpaired) electrons. The maximum atomic E-state index is 12.6. The number of imidazole rings is 1. The summed E-state index contributed by atoms with van der Waals surface area (Å²) in [6.07, 6.45) is 5.25. The highest BCUT2D eigenvalue weighted by atomic mass is 35.5. The van der Waals surface area contributed by atoms with Gasteiger partial charge >= 0.3 is 0 Å². The number of amides is 1. The van der Waals surface area contributed by atoms with Crippen LogP contribution in [0.15, 0.2) is 67.3 Å². The Labute approximate surface area is 161 Å². The Morgan fingerprint density at radius 3 is 2.89 bits per heavy atom. The first-order chi connectivity index (χ1) is 13.1. The van der Waals surface area contributed by atoms with E-state index in [2.05, 4.69) is 15.3 Å². The minimum Gasteiger partial charge on any atom is -0.348 e. The lowest BCUT2D eigenvalue weighted by Gasteiger charge is -2.13. The number of carbonyl (C=O) groups is 1. The first-order valence-electron chi connectivity index (χ1n) is 8.53. The fourth-order valence-electron chi connectivity index (χ4n) is 3.01. The van der Waals surface area contributed by atoms with Crippen molar-refractivity contribution in [1.82, 2.24) is 19.9 Å². The average molecular weight is 377 g/mol. The number of aromatic nitrogens is 3. The van der Waals surface area contributed by atoms with Gasteiger partial charge in [0.1, 0.15) is 0 Å². The van der Waals surface area contributed by atoms with Crippen LogP contribution in [0.4, 0.5) is 0 Å². The lowest BCUT2D eigenvalue weighted by atomic mass is 10.1. The van der Waals surface area contributed by atoms with Crippen LogP contribution >= 0.6 is 11.6 Å². The maximum Gasteiger partial charge on any atom is 0.251 e. The molecule has 0 aliphatic rings. The van der Waals surface area contributed by atoms with Gasteiger partial charge in [0.2, 0.25) is 0 Å². The van der Waals surface area contributed by atoms with Crippen LogP contribution in [-0.4, -0.2) is 20.4 Å². The van der Waals surface area contributed by atoms with Crippen molar-refractivity contribution in [2.24, 2.45) is 0 Å². The molecule has 2 aromatic heterocycles. The molecule has 0 bridgehead atoms. The molecular weight excluding hydrogens is 360 g/mol. The van der Waals surface area contributed by atoms with Crippen LogP contribution < -0.4 is 5.32 Å². The highest BCUT2D eigenvalue weighted by Gasteiger charge is 2.12. The van der Waals surface area contributed by atoms with Gasteiger partial charge in [-0.25, -0.2) is 4.98 Å². The Morgan fingerprint density at radius 2 is 2.07 bits per heavy atom. The second-order valence-corrected chi connectivity index (χ2v) is 6.66. The maximum absolute atomic E-state index is 12.6. The molecule has 27 heavy (non-hydrogen) atoms. The molecule has 0 saturated carbocycles. The third kappa shape index (κ3) is 3.55. The summed E-state index contributed by atoms with van der Waals surface area (Å²) in [7, 11) is 0. The lowest BCUT2D eigenvalue weighted by Crippen LogP contribution is -2.23. The van der Waals surface area contributed by atoms with Crippen molar-refractivity contribution < 1.29 is 4.79 Å². The van der Waals surface area contributed by atoms with Crippen LogP contribution in [0, 0.1) is 6.92 Å². The molecule has 0 fully saturated rings. The van der Waals surface area contributed by atoms with E-state index in [-0.39, 0.29) is 5.91 Å². The SMILES string of the molecule is Cc1ccc2cc(C(=O)NCc3c(Cl)cccc3-n3ccnc3)ccc2n1. The number of nitrogens with zero attached hydrogens (tertiary/aromatic N) is 3. The van der Waals surface area contributed by atoms with E-state index in [9.17, 15) is 4.79 Å². The molecule has 4 aromatic rings. The number of hydrogen-bond acceptors (Lipinski definition) is 3. The number of hydrogen-bond donors (Lipinski definition) is 1. The Balaban J connectivity index is 1.57. The monoisotopic (exact) mass is 376 g/mol. The number of benzene rings is 2. The van der Waals surface area contributed by atoms with Crippen molar-refractivity contribution in [3.63, 3.8) is 0 Å². The third-order valence-corrected chi connectivity index (χ3v) is 4.75. The van der Waals surface area contributed by atoms with Gasteiger partial charge in [-0.2, -0.15) is 0 Å². The molecule has 6 heteroatoms. The highest BCUT2D eigenvalue weighted by Crippen LogP contribution is 2.23. The van der Waals surface area contributed by atoms with Crippen LogP contribution in [0.25, 0.3) is 16.6 Å². The van der Waals surface area contributed by atoms with Crippen LogP contribution in [0.2, 0.25) is 5.02 Å². The summed E-state index contributed by atoms with van der Waals surface area (Å²) in [4.78, 5) is 21.2. The van der Waals surface area contributed by atoms with Gasteiger partial charge in [-0.15, -0.1) is 0 Å². The molecule has 2 aromatic carbocycles. The molecule has 0 unspecified atom stereocenters. The Kier molecular flexibility index (Phi) is 4.60. The van der Waals surface area contributed by atoms with Gasteiger partial charge in [-0.1, -0.05) is 23.7 Å². The fraction of sp³-hybridized carbons (Fsp3) is 0.0952. The minimum atomic E-state index is -0.158. The number of nitrogens with one attached hydrogen (secondary N) is 1. The van der Waals surface area contributed by atoms with Gasteiger partial charge in [0.05, 0.1) is 17.5 Å². The van der Waals surface area contributed by atoms with Gasteiger partial charge < -0.3 is 9.88 Å². The summed E-state index contributed by atoms with van der Waals surface area (Å²) in [6.45, 7) is 2.26. The van der Waals surface area contributed by atoms with E-state index in [0.717, 1.165) is 27.8 Å². The van der Waals surface area contributed by atoms with E-state index in [1.165, 1.54) is 0 Å². The molecule has 1 N–H and O–H groups in total. The van der Waals surface area contributed by atoms with E-state index in [4.69, 9.17) is 11.6 Å². The molecule has 134 valence electrons. The van der Waals surface area contributed by atoms with Crippen molar-refractivity contribution in [2.45, 2.75) is 13.5 Å². The number of halogens is 1. The van der Waals surface area contributed by atoms with E-state index in [1.54, 1.807) is 18.6 Å². The van der Waals surface area contributed by atoms with Crippen LogP contribution in [0.5, 0.6) is 0 Å². The van der Waals surface area contributed by atoms with Crippen molar-refractivity contribution in [3.05, 3.63) is 89.1 Å². The first-order valence-corrected chi connectivity index (χ1v) is 8.91. The third-order valence-electron chi connectivity index (χ3n) is 4.39. The lowest BCUT2D eigenvalue weighted by molar-refractivity contribution is 0.0951. The van der Waals surface area contributed by atoms with Crippen molar-refractivity contribution >= 4 is 28.4 Å². The summed E-state index contributed by atoms with van der Waals surface area (Å²) < 4.78 is 1.87. The summed E-state index contributed by atoms with van der Waals surface area (Å²) in [5.74, 6) is -0.158. The van der Waals surface area contributed by atoms with Crippen molar-refractivity contribution in [3.8, 4) is 5.69 Å². The number of carbonyl (C=O) groups excluding carboxylic acids is 1. The topological polar surface area (TPSA) is 59.8 Å². The zero-order chi connectivity index (χ0) is 18.8. The van der Waals surface area contributed by atoms with E-state index < -0.39 is 0 Å². The standard InChI is InChI=1S/C21H17ClN4O/c1-14-5-6-15-11-16(7-8-19(15)25-14)21(27)24-12-17-18(22)3-2-4-20(17)26-10-9-23-13-26/h2-11,13H,12H2,1H3,(H,24,27). The number of rotatable bonds is 4. The molecule has 0 aliphatic heterocycles. The van der Waals surface area contributed by atoms with Crippen molar-refractivity contribution in [1.29, 1.82) is 0 Å². The summed E-state index contributed by atoms with van der Waals surface area (Å²) in [6, 6.07) is 15.0. The number of fused-ring (bicyclic) bond motifs is 1. The van der Waals surface area contributed by atoms with E-state index in [0.29, 0.717) is 17.1 Å². The van der Waals surface area contributed by atoms with Crippen LogP contribution in [0.3, 0.4) is 0 Å². The Morgan fingerprint density at radius 1 is 1.19 bits per heavy atom. The second kappa shape index (κ2) is 7.21. The molecule has 1 amide bonds. The van der Waals surface area contributed by atoms with Crippen molar-refractivity contribution in [2.75, 3.05) is 0 Å². The summed E-state index contributed by atoms with van der Waals surface area (Å²) in [5.41, 5.74) is 4.14. The second-order valence-electron chi connectivity index (χ2n) is 6.25. The molecule has 0 saturated heterocycles. The first kappa shape index (κ1) is 17.2. The largest absolute Gasteiger partial charge is 0.348 e.